The number of benzene rings is 6. The predicted octanol–water partition coefficient (Wildman–Crippen LogP) is 10.1. The molecule has 0 saturated heterocycles. The Balaban J connectivity index is 1.32. The van der Waals surface area contributed by atoms with Crippen molar-refractivity contribution in [3.8, 4) is 22.4 Å². The second-order valence-corrected chi connectivity index (χ2v) is 19.7. The van der Waals surface area contributed by atoms with Crippen molar-refractivity contribution in [1.82, 2.24) is 9.97 Å². The average molecular weight is 662 g/mol. The summed E-state index contributed by atoms with van der Waals surface area (Å²) in [5, 5.41) is 4.02. The van der Waals surface area contributed by atoms with Crippen LogP contribution in [0.1, 0.15) is 24.5 Å². The molecule has 1 aliphatic carbocycles. The van der Waals surface area contributed by atoms with Crippen LogP contribution in [0.4, 0.5) is 28.7 Å². The second kappa shape index (κ2) is 10.6. The molecule has 0 spiro atoms. The van der Waals surface area contributed by atoms with Gasteiger partial charge in [0, 0.05) is 0 Å². The van der Waals surface area contributed by atoms with Gasteiger partial charge in [0.2, 0.25) is 0 Å². The fraction of sp³-hybridized carbons (Fsp3) is 0.111. The van der Waals surface area contributed by atoms with Crippen LogP contribution in [-0.2, 0) is 5.54 Å². The number of para-hydroxylation sites is 3. The molecule has 3 heterocycles. The van der Waals surface area contributed by atoms with Gasteiger partial charge in [-0.3, -0.25) is 0 Å². The number of anilines is 5. The van der Waals surface area contributed by atoms with Crippen LogP contribution in [0, 0.1) is 0 Å². The van der Waals surface area contributed by atoms with Crippen molar-refractivity contribution in [2.75, 3.05) is 9.80 Å². The Morgan fingerprint density at radius 3 is 2.22 bits per heavy atom. The molecule has 0 radical (unpaired) electrons. The first-order valence-corrected chi connectivity index (χ1v) is 21.2. The maximum atomic E-state index is 5.50. The van der Waals surface area contributed by atoms with Crippen LogP contribution in [0.3, 0.4) is 0 Å². The van der Waals surface area contributed by atoms with Gasteiger partial charge in [0.25, 0.3) is 0 Å². The summed E-state index contributed by atoms with van der Waals surface area (Å²) in [5.74, 6) is 0.737. The molecule has 3 aliphatic rings. The number of hydrogen-bond acceptors (Lipinski definition) is 4. The van der Waals surface area contributed by atoms with E-state index in [-0.39, 0.29) is 0 Å². The van der Waals surface area contributed by atoms with E-state index in [1.807, 2.05) is 0 Å². The first-order valence-electron chi connectivity index (χ1n) is 17.7. The van der Waals surface area contributed by atoms with Crippen LogP contribution in [0.25, 0.3) is 39.4 Å². The van der Waals surface area contributed by atoms with E-state index in [1.54, 1.807) is 0 Å². The van der Waals surface area contributed by atoms with Crippen molar-refractivity contribution in [2.24, 2.45) is 0 Å². The van der Waals surface area contributed by atoms with E-state index in [4.69, 9.17) is 9.97 Å². The fourth-order valence-electron chi connectivity index (χ4n) is 9.25. The van der Waals surface area contributed by atoms with Crippen molar-refractivity contribution in [3.63, 3.8) is 0 Å². The van der Waals surface area contributed by atoms with E-state index in [9.17, 15) is 0 Å². The summed E-state index contributed by atoms with van der Waals surface area (Å²) >= 11 is 0. The SMILES string of the molecule is CC12CC=Cc3cccc(c31)-c1c(ccc3c1[SiH-](C)(C)c1ccccc1N3c1ccccc1)N2c1nc(-c2ccccc2)c2ccccc2n1. The normalized spacial score (nSPS) is 18.5. The van der Waals surface area contributed by atoms with Crippen LogP contribution >= 0.6 is 0 Å². The standard InChI is InChI=1S/C45H37N4Si/c1-45-29-15-19-30-18-14-23-34(41(30)45)40-37(49(45)44-46-35-24-11-10-22-33(35)42(47-44)31-16-6-4-7-17-31)27-28-38-43(40)50(2,3)39-26-13-12-25-36(39)48(38)32-20-8-5-9-21-32/h4-28,50H,29H2,1-3H3/q-1. The van der Waals surface area contributed by atoms with Crippen LogP contribution in [0.2, 0.25) is 13.1 Å². The first-order chi connectivity index (χ1) is 24.4. The third-order valence-corrected chi connectivity index (χ3v) is 15.5. The second-order valence-electron chi connectivity index (χ2n) is 14.7. The Morgan fingerprint density at radius 1 is 0.660 bits per heavy atom. The summed E-state index contributed by atoms with van der Waals surface area (Å²) < 4.78 is 0. The molecule has 50 heavy (non-hydrogen) atoms. The van der Waals surface area contributed by atoms with Crippen molar-refractivity contribution < 1.29 is 0 Å². The molecule has 1 aromatic heterocycles. The number of hydrogen-bond donors (Lipinski definition) is 0. The zero-order chi connectivity index (χ0) is 33.6. The predicted molar refractivity (Wildman–Crippen MR) is 213 cm³/mol. The molecule has 0 saturated carbocycles. The molecular weight excluding hydrogens is 625 g/mol. The molecule has 242 valence electrons. The summed E-state index contributed by atoms with van der Waals surface area (Å²) in [5.41, 5.74) is 12.8. The van der Waals surface area contributed by atoms with Gasteiger partial charge in [-0.2, -0.15) is 0 Å². The van der Waals surface area contributed by atoms with Crippen molar-refractivity contribution >= 4 is 64.1 Å². The molecule has 0 bridgehead atoms. The molecule has 0 amide bonds. The van der Waals surface area contributed by atoms with Crippen LogP contribution in [-0.4, -0.2) is 18.0 Å². The molecule has 1 atom stereocenters. The Bertz CT molecular complexity index is 2520. The van der Waals surface area contributed by atoms with Gasteiger partial charge in [-0.05, 0) is 0 Å². The molecule has 1 unspecified atom stereocenters. The van der Waals surface area contributed by atoms with E-state index in [0.29, 0.717) is 0 Å². The minimum absolute atomic E-state index is 0.390. The van der Waals surface area contributed by atoms with Gasteiger partial charge in [0.05, 0.1) is 0 Å². The Morgan fingerprint density at radius 2 is 1.38 bits per heavy atom. The van der Waals surface area contributed by atoms with Gasteiger partial charge in [0.1, 0.15) is 0 Å². The topological polar surface area (TPSA) is 32.3 Å². The third kappa shape index (κ3) is 3.98. The molecule has 4 nitrogen and oxygen atoms in total. The average Bonchev–Trinajstić information content (AvgIpc) is 3.15. The molecule has 10 rings (SSSR count). The molecule has 0 fully saturated rings. The van der Waals surface area contributed by atoms with Gasteiger partial charge in [-0.25, -0.2) is 0 Å². The Kier molecular flexibility index (Phi) is 6.19. The van der Waals surface area contributed by atoms with Crippen molar-refractivity contribution in [1.29, 1.82) is 0 Å². The Hall–Kier alpha value is -5.78. The van der Waals surface area contributed by atoms with Gasteiger partial charge < -0.3 is 0 Å². The summed E-state index contributed by atoms with van der Waals surface area (Å²) in [6, 6.07) is 50.5. The maximum absolute atomic E-state index is 5.50. The molecule has 7 aromatic rings. The molecule has 2 aliphatic heterocycles. The number of aromatic nitrogens is 2. The zero-order valence-corrected chi connectivity index (χ0v) is 29.7. The van der Waals surface area contributed by atoms with E-state index in [2.05, 4.69) is 181 Å². The van der Waals surface area contributed by atoms with Crippen LogP contribution in [0.15, 0.2) is 146 Å². The van der Waals surface area contributed by atoms with Crippen molar-refractivity contribution in [3.05, 3.63) is 157 Å². The van der Waals surface area contributed by atoms with Gasteiger partial charge in [-0.15, -0.1) is 0 Å². The monoisotopic (exact) mass is 661 g/mol. The van der Waals surface area contributed by atoms with E-state index in [0.717, 1.165) is 34.5 Å². The van der Waals surface area contributed by atoms with E-state index >= 15 is 0 Å². The summed E-state index contributed by atoms with van der Waals surface area (Å²) in [6.45, 7) is 7.50. The third-order valence-electron chi connectivity index (χ3n) is 11.4. The summed E-state index contributed by atoms with van der Waals surface area (Å²) in [7, 11) is -2.67. The Labute approximate surface area is 294 Å². The van der Waals surface area contributed by atoms with E-state index in [1.165, 1.54) is 55.4 Å². The zero-order valence-electron chi connectivity index (χ0n) is 28.5. The van der Waals surface area contributed by atoms with Gasteiger partial charge >= 0.3 is 295 Å². The molecule has 0 N–H and O–H groups in total. The minimum atomic E-state index is -2.67. The van der Waals surface area contributed by atoms with Gasteiger partial charge in [0.15, 0.2) is 0 Å². The van der Waals surface area contributed by atoms with Crippen LogP contribution < -0.4 is 20.2 Å². The quantitative estimate of drug-likeness (QED) is 0.177. The van der Waals surface area contributed by atoms with Crippen LogP contribution in [0.5, 0.6) is 0 Å². The first kappa shape index (κ1) is 29.2. The van der Waals surface area contributed by atoms with Gasteiger partial charge in [-0.1, -0.05) is 0 Å². The summed E-state index contributed by atoms with van der Waals surface area (Å²) in [4.78, 5) is 15.9. The molecular formula is C45H37N4Si-. The molecule has 5 heteroatoms. The number of nitrogens with zero attached hydrogens (tertiary/aromatic N) is 4. The van der Waals surface area contributed by atoms with Crippen molar-refractivity contribution in [2.45, 2.75) is 32.0 Å². The fourth-order valence-corrected chi connectivity index (χ4v) is 13.1. The van der Waals surface area contributed by atoms with E-state index < -0.39 is 13.6 Å². The summed E-state index contributed by atoms with van der Waals surface area (Å²) in [6.07, 6.45) is 5.49. The number of rotatable bonds is 3. The molecule has 6 aromatic carbocycles. The number of fused-ring (bicyclic) bond motifs is 6.